The van der Waals surface area contributed by atoms with Gasteiger partial charge in [-0.1, -0.05) is 24.3 Å². The smallest absolute Gasteiger partial charge is 0.322 e. The van der Waals surface area contributed by atoms with E-state index in [2.05, 4.69) is 31.1 Å². The van der Waals surface area contributed by atoms with Crippen molar-refractivity contribution in [1.82, 2.24) is 31.1 Å². The van der Waals surface area contributed by atoms with Crippen LogP contribution in [0.3, 0.4) is 0 Å². The SMILES string of the molecule is CC1(c2cccc(CNC(=O)Cc3nc(C4CCOCC4)n[nH]3)c2)NC(=O)NC1=O. The van der Waals surface area contributed by atoms with Crippen LogP contribution in [0.5, 0.6) is 0 Å². The lowest BCUT2D eigenvalue weighted by Gasteiger charge is -2.21. The van der Waals surface area contributed by atoms with Crippen LogP contribution in [0.2, 0.25) is 0 Å². The number of urea groups is 1. The fraction of sp³-hybridized carbons (Fsp3) is 0.450. The molecule has 2 aromatic rings. The van der Waals surface area contributed by atoms with Crippen LogP contribution in [-0.2, 0) is 32.8 Å². The summed E-state index contributed by atoms with van der Waals surface area (Å²) in [5, 5.41) is 14.8. The molecule has 30 heavy (non-hydrogen) atoms. The molecule has 1 atom stereocenters. The molecule has 0 spiro atoms. The Kier molecular flexibility index (Phi) is 5.49. The van der Waals surface area contributed by atoms with E-state index in [4.69, 9.17) is 4.74 Å². The van der Waals surface area contributed by atoms with Crippen LogP contribution in [0.1, 0.15) is 48.5 Å². The molecule has 1 aromatic heterocycles. The molecule has 0 aliphatic carbocycles. The lowest BCUT2D eigenvalue weighted by molar-refractivity contribution is -0.123. The van der Waals surface area contributed by atoms with Gasteiger partial charge in [0.1, 0.15) is 11.4 Å². The van der Waals surface area contributed by atoms with Gasteiger partial charge in [-0.2, -0.15) is 5.10 Å². The molecule has 2 saturated heterocycles. The maximum absolute atomic E-state index is 12.3. The normalized spacial score (nSPS) is 21.9. The zero-order valence-corrected chi connectivity index (χ0v) is 16.7. The van der Waals surface area contributed by atoms with Crippen LogP contribution >= 0.6 is 0 Å². The summed E-state index contributed by atoms with van der Waals surface area (Å²) >= 11 is 0. The summed E-state index contributed by atoms with van der Waals surface area (Å²) in [5.74, 6) is 0.941. The van der Waals surface area contributed by atoms with Gasteiger partial charge in [0.05, 0.1) is 6.42 Å². The van der Waals surface area contributed by atoms with Crippen molar-refractivity contribution in [2.45, 2.75) is 44.2 Å². The molecule has 0 bridgehead atoms. The number of carbonyl (C=O) groups is 3. The van der Waals surface area contributed by atoms with E-state index in [1.165, 1.54) is 0 Å². The lowest BCUT2D eigenvalue weighted by Crippen LogP contribution is -2.40. The molecule has 0 saturated carbocycles. The van der Waals surface area contributed by atoms with E-state index >= 15 is 0 Å². The number of amides is 4. The second-order valence-corrected chi connectivity index (χ2v) is 7.71. The number of hydrogen-bond donors (Lipinski definition) is 4. The predicted octanol–water partition coefficient (Wildman–Crippen LogP) is 0.612. The van der Waals surface area contributed by atoms with Crippen molar-refractivity contribution in [3.05, 3.63) is 47.0 Å². The number of imide groups is 1. The van der Waals surface area contributed by atoms with Crippen molar-refractivity contribution >= 4 is 17.8 Å². The molecular weight excluding hydrogens is 388 g/mol. The number of hydrogen-bond acceptors (Lipinski definition) is 6. The lowest BCUT2D eigenvalue weighted by atomic mass is 9.91. The number of ether oxygens (including phenoxy) is 1. The number of benzene rings is 1. The molecule has 2 fully saturated rings. The molecule has 1 unspecified atom stereocenters. The van der Waals surface area contributed by atoms with E-state index in [1.54, 1.807) is 25.1 Å². The highest BCUT2D eigenvalue weighted by Gasteiger charge is 2.43. The molecule has 158 valence electrons. The van der Waals surface area contributed by atoms with Crippen LogP contribution in [0, 0.1) is 0 Å². The fourth-order valence-corrected chi connectivity index (χ4v) is 3.68. The molecule has 4 rings (SSSR count). The Labute approximate surface area is 173 Å². The minimum absolute atomic E-state index is 0.103. The Hall–Kier alpha value is -3.27. The van der Waals surface area contributed by atoms with E-state index in [9.17, 15) is 14.4 Å². The van der Waals surface area contributed by atoms with Crippen molar-refractivity contribution in [2.24, 2.45) is 0 Å². The first-order valence-electron chi connectivity index (χ1n) is 9.92. The van der Waals surface area contributed by atoms with Gasteiger partial charge in [-0.15, -0.1) is 0 Å². The Morgan fingerprint density at radius 3 is 2.83 bits per heavy atom. The average molecular weight is 412 g/mol. The molecule has 10 nitrogen and oxygen atoms in total. The Morgan fingerprint density at radius 1 is 1.30 bits per heavy atom. The van der Waals surface area contributed by atoms with E-state index < -0.39 is 17.5 Å². The molecule has 4 amide bonds. The molecule has 2 aliphatic heterocycles. The van der Waals surface area contributed by atoms with Crippen LogP contribution in [0.25, 0.3) is 0 Å². The summed E-state index contributed by atoms with van der Waals surface area (Å²) in [7, 11) is 0. The van der Waals surface area contributed by atoms with Gasteiger partial charge in [0.2, 0.25) is 5.91 Å². The number of rotatable bonds is 6. The number of H-pyrrole nitrogens is 1. The highest BCUT2D eigenvalue weighted by Crippen LogP contribution is 2.25. The maximum Gasteiger partial charge on any atom is 0.322 e. The molecule has 3 heterocycles. The van der Waals surface area contributed by atoms with Gasteiger partial charge in [-0.25, -0.2) is 9.78 Å². The first-order chi connectivity index (χ1) is 14.4. The number of carbonyl (C=O) groups excluding carboxylic acids is 3. The number of nitrogens with zero attached hydrogens (tertiary/aromatic N) is 2. The first-order valence-corrected chi connectivity index (χ1v) is 9.92. The molecular formula is C20H24N6O4. The van der Waals surface area contributed by atoms with Gasteiger partial charge in [0, 0.05) is 25.7 Å². The van der Waals surface area contributed by atoms with Gasteiger partial charge in [-0.3, -0.25) is 20.0 Å². The van der Waals surface area contributed by atoms with Gasteiger partial charge < -0.3 is 15.4 Å². The van der Waals surface area contributed by atoms with Crippen molar-refractivity contribution in [2.75, 3.05) is 13.2 Å². The highest BCUT2D eigenvalue weighted by atomic mass is 16.5. The van der Waals surface area contributed by atoms with E-state index in [0.29, 0.717) is 31.1 Å². The summed E-state index contributed by atoms with van der Waals surface area (Å²) < 4.78 is 5.35. The second-order valence-electron chi connectivity index (χ2n) is 7.71. The van der Waals surface area contributed by atoms with Crippen molar-refractivity contribution in [3.63, 3.8) is 0 Å². The number of aromatic nitrogens is 3. The van der Waals surface area contributed by atoms with Crippen LogP contribution in [0.4, 0.5) is 4.79 Å². The third-order valence-electron chi connectivity index (χ3n) is 5.50. The summed E-state index contributed by atoms with van der Waals surface area (Å²) in [6.07, 6.45) is 1.88. The summed E-state index contributed by atoms with van der Waals surface area (Å²) in [5.41, 5.74) is 0.336. The Morgan fingerprint density at radius 2 is 2.10 bits per heavy atom. The van der Waals surface area contributed by atoms with Gasteiger partial charge in [-0.05, 0) is 30.9 Å². The number of aromatic amines is 1. The Bertz CT molecular complexity index is 968. The van der Waals surface area contributed by atoms with E-state index in [0.717, 1.165) is 24.2 Å². The van der Waals surface area contributed by atoms with Crippen LogP contribution in [0.15, 0.2) is 24.3 Å². The quantitative estimate of drug-likeness (QED) is 0.513. The average Bonchev–Trinajstić information content (AvgIpc) is 3.31. The molecule has 0 radical (unpaired) electrons. The van der Waals surface area contributed by atoms with Gasteiger partial charge >= 0.3 is 6.03 Å². The molecule has 4 N–H and O–H groups in total. The second kappa shape index (κ2) is 8.23. The minimum atomic E-state index is -1.13. The highest BCUT2D eigenvalue weighted by molar-refractivity contribution is 6.07. The van der Waals surface area contributed by atoms with Crippen molar-refractivity contribution in [1.29, 1.82) is 0 Å². The first kappa shape index (κ1) is 20.0. The topological polar surface area (TPSA) is 138 Å². The largest absolute Gasteiger partial charge is 0.381 e. The van der Waals surface area contributed by atoms with E-state index in [1.807, 2.05) is 6.07 Å². The summed E-state index contributed by atoms with van der Waals surface area (Å²) in [4.78, 5) is 40.4. The van der Waals surface area contributed by atoms with Crippen LogP contribution < -0.4 is 16.0 Å². The molecule has 10 heteroatoms. The van der Waals surface area contributed by atoms with E-state index in [-0.39, 0.29) is 18.2 Å². The number of nitrogens with one attached hydrogen (secondary N) is 4. The third-order valence-corrected chi connectivity index (χ3v) is 5.50. The third kappa shape index (κ3) is 4.18. The maximum atomic E-state index is 12.3. The van der Waals surface area contributed by atoms with Gasteiger partial charge in [0.15, 0.2) is 5.82 Å². The van der Waals surface area contributed by atoms with Crippen molar-refractivity contribution < 1.29 is 19.1 Å². The fourth-order valence-electron chi connectivity index (χ4n) is 3.68. The summed E-state index contributed by atoms with van der Waals surface area (Å²) in [6.45, 7) is 3.35. The minimum Gasteiger partial charge on any atom is -0.381 e. The summed E-state index contributed by atoms with van der Waals surface area (Å²) in [6, 6.07) is 6.68. The molecule has 1 aromatic carbocycles. The Balaban J connectivity index is 1.34. The standard InChI is InChI=1S/C20H24N6O4/c1-20(18(28)23-19(29)24-20)14-4-2-3-12(9-14)11-21-16(27)10-15-22-17(26-25-15)13-5-7-30-8-6-13/h2-4,9,13H,5-8,10-11H2,1H3,(H,21,27)(H,22,25,26)(H2,23,24,28,29). The van der Waals surface area contributed by atoms with Crippen molar-refractivity contribution in [3.8, 4) is 0 Å². The molecule has 2 aliphatic rings. The predicted molar refractivity (Wildman–Crippen MR) is 105 cm³/mol. The zero-order chi connectivity index (χ0) is 21.1. The van der Waals surface area contributed by atoms with Crippen LogP contribution in [-0.4, -0.2) is 46.2 Å². The zero-order valence-electron chi connectivity index (χ0n) is 16.7. The monoisotopic (exact) mass is 412 g/mol. The van der Waals surface area contributed by atoms with Gasteiger partial charge in [0.25, 0.3) is 5.91 Å².